The van der Waals surface area contributed by atoms with Crippen molar-refractivity contribution in [3.8, 4) is 0 Å². The first-order valence-corrected chi connectivity index (χ1v) is 6.09. The van der Waals surface area contributed by atoms with Crippen LogP contribution < -0.4 is 5.32 Å². The summed E-state index contributed by atoms with van der Waals surface area (Å²) < 4.78 is 4.75. The van der Waals surface area contributed by atoms with Gasteiger partial charge in [0.05, 0.1) is 0 Å². The number of hydrogen-bond acceptors (Lipinski definition) is 3. The summed E-state index contributed by atoms with van der Waals surface area (Å²) in [6.45, 7) is 3.74. The van der Waals surface area contributed by atoms with Crippen molar-refractivity contribution in [1.82, 2.24) is 5.32 Å². The van der Waals surface area contributed by atoms with Gasteiger partial charge in [-0.3, -0.25) is 4.79 Å². The van der Waals surface area contributed by atoms with E-state index in [0.29, 0.717) is 11.8 Å². The van der Waals surface area contributed by atoms with E-state index >= 15 is 0 Å². The van der Waals surface area contributed by atoms with Crippen LogP contribution in [0, 0.1) is 11.8 Å². The molecule has 1 amide bonds. The van der Waals surface area contributed by atoms with Crippen molar-refractivity contribution < 1.29 is 19.4 Å². The van der Waals surface area contributed by atoms with E-state index in [2.05, 4.69) is 19.2 Å². The summed E-state index contributed by atoms with van der Waals surface area (Å²) in [5.74, 6) is -0.198. The van der Waals surface area contributed by atoms with E-state index in [1.165, 1.54) is 6.42 Å². The van der Waals surface area contributed by atoms with Crippen molar-refractivity contribution in [2.45, 2.75) is 39.2 Å². The SMILES string of the molecule is C[C@H]1[C@@H](NC(=O)COCC(=O)O)CCC[C@@H]1C. The molecule has 1 aliphatic rings. The molecule has 0 heterocycles. The molecule has 0 radical (unpaired) electrons. The van der Waals surface area contributed by atoms with Crippen molar-refractivity contribution >= 4 is 11.9 Å². The molecule has 0 saturated heterocycles. The van der Waals surface area contributed by atoms with Gasteiger partial charge >= 0.3 is 5.97 Å². The van der Waals surface area contributed by atoms with Gasteiger partial charge in [0.2, 0.25) is 5.91 Å². The first-order valence-electron chi connectivity index (χ1n) is 6.09. The first-order chi connectivity index (χ1) is 8.00. The summed E-state index contributed by atoms with van der Waals surface area (Å²) in [5, 5.41) is 11.3. The van der Waals surface area contributed by atoms with Crippen LogP contribution in [0.15, 0.2) is 0 Å². The van der Waals surface area contributed by atoms with Crippen LogP contribution in [-0.4, -0.2) is 36.2 Å². The summed E-state index contributed by atoms with van der Waals surface area (Å²) >= 11 is 0. The molecule has 5 nitrogen and oxygen atoms in total. The highest BCUT2D eigenvalue weighted by atomic mass is 16.5. The highest BCUT2D eigenvalue weighted by molar-refractivity contribution is 5.78. The molecular formula is C12H21NO4. The Balaban J connectivity index is 2.27. The lowest BCUT2D eigenvalue weighted by Crippen LogP contribution is -2.45. The maximum absolute atomic E-state index is 11.5. The Bertz CT molecular complexity index is 280. The minimum Gasteiger partial charge on any atom is -0.480 e. The summed E-state index contributed by atoms with van der Waals surface area (Å²) in [7, 11) is 0. The van der Waals surface area contributed by atoms with E-state index in [-0.39, 0.29) is 18.6 Å². The van der Waals surface area contributed by atoms with Crippen molar-refractivity contribution in [3.05, 3.63) is 0 Å². The van der Waals surface area contributed by atoms with E-state index in [9.17, 15) is 9.59 Å². The molecule has 1 aliphatic carbocycles. The van der Waals surface area contributed by atoms with Gasteiger partial charge in [-0.05, 0) is 18.3 Å². The van der Waals surface area contributed by atoms with Gasteiger partial charge in [-0.1, -0.05) is 26.7 Å². The van der Waals surface area contributed by atoms with Gasteiger partial charge in [0, 0.05) is 6.04 Å². The summed E-state index contributed by atoms with van der Waals surface area (Å²) in [4.78, 5) is 21.7. The predicted molar refractivity (Wildman–Crippen MR) is 62.6 cm³/mol. The van der Waals surface area contributed by atoms with Crippen LogP contribution in [0.1, 0.15) is 33.1 Å². The van der Waals surface area contributed by atoms with Gasteiger partial charge in [-0.2, -0.15) is 0 Å². The van der Waals surface area contributed by atoms with E-state index in [0.717, 1.165) is 12.8 Å². The second-order valence-electron chi connectivity index (χ2n) is 4.83. The molecular weight excluding hydrogens is 222 g/mol. The fraction of sp³-hybridized carbons (Fsp3) is 0.833. The van der Waals surface area contributed by atoms with Gasteiger partial charge in [0.25, 0.3) is 0 Å². The maximum atomic E-state index is 11.5. The summed E-state index contributed by atoms with van der Waals surface area (Å²) in [6, 6.07) is 0.194. The molecule has 0 aromatic carbocycles. The fourth-order valence-corrected chi connectivity index (χ4v) is 2.27. The third-order valence-corrected chi connectivity index (χ3v) is 3.51. The van der Waals surface area contributed by atoms with Gasteiger partial charge < -0.3 is 15.2 Å². The van der Waals surface area contributed by atoms with Crippen LogP contribution in [-0.2, 0) is 14.3 Å². The molecule has 2 N–H and O–H groups in total. The molecule has 0 aromatic heterocycles. The number of nitrogens with one attached hydrogen (secondary N) is 1. The van der Waals surface area contributed by atoms with E-state index in [1.807, 2.05) is 0 Å². The molecule has 0 bridgehead atoms. The van der Waals surface area contributed by atoms with Crippen LogP contribution in [0.5, 0.6) is 0 Å². The number of hydrogen-bond donors (Lipinski definition) is 2. The molecule has 17 heavy (non-hydrogen) atoms. The molecule has 0 aliphatic heterocycles. The predicted octanol–water partition coefficient (Wildman–Crippen LogP) is 1.03. The van der Waals surface area contributed by atoms with Gasteiger partial charge in [0.1, 0.15) is 13.2 Å². The van der Waals surface area contributed by atoms with Crippen molar-refractivity contribution in [2.24, 2.45) is 11.8 Å². The Morgan fingerprint density at radius 1 is 1.29 bits per heavy atom. The van der Waals surface area contributed by atoms with Crippen LogP contribution >= 0.6 is 0 Å². The largest absolute Gasteiger partial charge is 0.480 e. The zero-order valence-corrected chi connectivity index (χ0v) is 10.4. The van der Waals surface area contributed by atoms with Gasteiger partial charge in [-0.15, -0.1) is 0 Å². The molecule has 0 spiro atoms. The molecule has 0 unspecified atom stereocenters. The minimum atomic E-state index is -1.06. The number of amides is 1. The number of carboxylic acid groups (broad SMARTS) is 1. The Morgan fingerprint density at radius 2 is 2.00 bits per heavy atom. The molecule has 98 valence electrons. The van der Waals surface area contributed by atoms with E-state index < -0.39 is 12.6 Å². The Hall–Kier alpha value is -1.10. The lowest BCUT2D eigenvalue weighted by atomic mass is 9.78. The fourth-order valence-electron chi connectivity index (χ4n) is 2.27. The standard InChI is InChI=1S/C12H21NO4/c1-8-4-3-5-10(9(8)2)13-11(14)6-17-7-12(15)16/h8-10H,3-7H2,1-2H3,(H,13,14)(H,15,16)/t8-,9+,10-/m0/s1. The smallest absolute Gasteiger partial charge is 0.329 e. The molecule has 5 heteroatoms. The first kappa shape index (κ1) is 14.0. The second kappa shape index (κ2) is 6.59. The average Bonchev–Trinajstić information content (AvgIpc) is 2.24. The lowest BCUT2D eigenvalue weighted by molar-refractivity contribution is -0.143. The molecule has 1 saturated carbocycles. The Morgan fingerprint density at radius 3 is 2.65 bits per heavy atom. The summed E-state index contributed by atoms with van der Waals surface area (Å²) in [6.07, 6.45) is 3.34. The highest BCUT2D eigenvalue weighted by Gasteiger charge is 2.27. The van der Waals surface area contributed by atoms with Crippen LogP contribution in [0.3, 0.4) is 0 Å². The van der Waals surface area contributed by atoms with Gasteiger partial charge in [0.15, 0.2) is 0 Å². The number of carbonyl (C=O) groups excluding carboxylic acids is 1. The Labute approximate surface area is 102 Å². The number of ether oxygens (including phenoxy) is 1. The Kier molecular flexibility index (Phi) is 5.41. The van der Waals surface area contributed by atoms with Gasteiger partial charge in [-0.25, -0.2) is 4.79 Å². The summed E-state index contributed by atoms with van der Waals surface area (Å²) in [5.41, 5.74) is 0. The van der Waals surface area contributed by atoms with Crippen molar-refractivity contribution in [2.75, 3.05) is 13.2 Å². The van der Waals surface area contributed by atoms with Crippen LogP contribution in [0.4, 0.5) is 0 Å². The van der Waals surface area contributed by atoms with Crippen LogP contribution in [0.2, 0.25) is 0 Å². The molecule has 1 fully saturated rings. The highest BCUT2D eigenvalue weighted by Crippen LogP contribution is 2.29. The second-order valence-corrected chi connectivity index (χ2v) is 4.83. The number of rotatable bonds is 5. The normalized spacial score (nSPS) is 28.7. The lowest BCUT2D eigenvalue weighted by Gasteiger charge is -2.34. The van der Waals surface area contributed by atoms with Crippen molar-refractivity contribution in [1.29, 1.82) is 0 Å². The average molecular weight is 243 g/mol. The molecule has 3 atom stereocenters. The van der Waals surface area contributed by atoms with Crippen LogP contribution in [0.25, 0.3) is 0 Å². The number of aliphatic carboxylic acids is 1. The maximum Gasteiger partial charge on any atom is 0.329 e. The monoisotopic (exact) mass is 243 g/mol. The third-order valence-electron chi connectivity index (χ3n) is 3.51. The number of carboxylic acids is 1. The molecule has 1 rings (SSSR count). The topological polar surface area (TPSA) is 75.6 Å². The molecule has 0 aromatic rings. The number of carbonyl (C=O) groups is 2. The van der Waals surface area contributed by atoms with E-state index in [4.69, 9.17) is 9.84 Å². The zero-order chi connectivity index (χ0) is 12.8. The minimum absolute atomic E-state index is 0.177. The quantitative estimate of drug-likeness (QED) is 0.756. The van der Waals surface area contributed by atoms with Crippen molar-refractivity contribution in [3.63, 3.8) is 0 Å². The third kappa shape index (κ3) is 4.73. The van der Waals surface area contributed by atoms with E-state index in [1.54, 1.807) is 0 Å². The zero-order valence-electron chi connectivity index (χ0n) is 10.4.